The van der Waals surface area contributed by atoms with Crippen molar-refractivity contribution in [2.75, 3.05) is 6.54 Å². The standard InChI is InChI=1S/C15H20BrNO/c1-10-7-8-17(11(2)9-10)15(18)13-5-4-6-14(16)12(13)3/h4-6,10-11H,7-9H2,1-3H3. The molecule has 1 aromatic carbocycles. The van der Waals surface area contributed by atoms with Gasteiger partial charge >= 0.3 is 0 Å². The van der Waals surface area contributed by atoms with Gasteiger partial charge in [-0.15, -0.1) is 0 Å². The maximum absolute atomic E-state index is 12.6. The molecule has 0 bridgehead atoms. The molecule has 0 radical (unpaired) electrons. The van der Waals surface area contributed by atoms with E-state index in [1.807, 2.05) is 30.0 Å². The molecule has 0 aliphatic carbocycles. The normalized spacial score (nSPS) is 24.1. The molecule has 3 heteroatoms. The van der Waals surface area contributed by atoms with Crippen molar-refractivity contribution in [1.82, 2.24) is 4.90 Å². The quantitative estimate of drug-likeness (QED) is 0.767. The molecule has 98 valence electrons. The van der Waals surface area contributed by atoms with Gasteiger partial charge < -0.3 is 4.90 Å². The third-order valence-electron chi connectivity index (χ3n) is 3.90. The van der Waals surface area contributed by atoms with Crippen LogP contribution in [0.2, 0.25) is 0 Å². The second-order valence-electron chi connectivity index (χ2n) is 5.39. The van der Waals surface area contributed by atoms with Crippen LogP contribution in [0.4, 0.5) is 0 Å². The second-order valence-corrected chi connectivity index (χ2v) is 6.24. The maximum atomic E-state index is 12.6. The van der Waals surface area contributed by atoms with E-state index >= 15 is 0 Å². The van der Waals surface area contributed by atoms with Gasteiger partial charge in [0.25, 0.3) is 5.91 Å². The highest BCUT2D eigenvalue weighted by Crippen LogP contribution is 2.26. The largest absolute Gasteiger partial charge is 0.336 e. The molecule has 0 N–H and O–H groups in total. The number of hydrogen-bond acceptors (Lipinski definition) is 1. The van der Waals surface area contributed by atoms with Crippen LogP contribution in [0.3, 0.4) is 0 Å². The molecule has 1 amide bonds. The van der Waals surface area contributed by atoms with Crippen molar-refractivity contribution in [2.45, 2.75) is 39.7 Å². The number of halogens is 1. The first-order chi connectivity index (χ1) is 8.50. The van der Waals surface area contributed by atoms with Crippen LogP contribution in [-0.2, 0) is 0 Å². The lowest BCUT2D eigenvalue weighted by molar-refractivity contribution is 0.0588. The van der Waals surface area contributed by atoms with Gasteiger partial charge in [-0.1, -0.05) is 28.9 Å². The first-order valence-corrected chi connectivity index (χ1v) is 7.36. The average Bonchev–Trinajstić information content (AvgIpc) is 2.32. The fraction of sp³-hybridized carbons (Fsp3) is 0.533. The third-order valence-corrected chi connectivity index (χ3v) is 4.76. The van der Waals surface area contributed by atoms with E-state index in [0.717, 1.165) is 40.9 Å². The number of piperidine rings is 1. The van der Waals surface area contributed by atoms with E-state index in [9.17, 15) is 4.79 Å². The molecular weight excluding hydrogens is 290 g/mol. The Bertz CT molecular complexity index is 458. The number of hydrogen-bond donors (Lipinski definition) is 0. The molecular formula is C15H20BrNO. The molecule has 1 aromatic rings. The highest BCUT2D eigenvalue weighted by Gasteiger charge is 2.28. The predicted octanol–water partition coefficient (Wildman–Crippen LogP) is 4.02. The molecule has 2 rings (SSSR count). The SMILES string of the molecule is Cc1c(Br)cccc1C(=O)N1CCC(C)CC1C. The summed E-state index contributed by atoms with van der Waals surface area (Å²) < 4.78 is 1.01. The number of amides is 1. The number of carbonyl (C=O) groups is 1. The van der Waals surface area contributed by atoms with E-state index < -0.39 is 0 Å². The van der Waals surface area contributed by atoms with Gasteiger partial charge in [-0.05, 0) is 50.3 Å². The molecule has 2 atom stereocenters. The number of rotatable bonds is 1. The number of likely N-dealkylation sites (tertiary alicyclic amines) is 1. The minimum atomic E-state index is 0.174. The van der Waals surface area contributed by atoms with Crippen molar-refractivity contribution in [3.8, 4) is 0 Å². The summed E-state index contributed by atoms with van der Waals surface area (Å²) in [6.07, 6.45) is 2.22. The van der Waals surface area contributed by atoms with E-state index in [1.54, 1.807) is 0 Å². The highest BCUT2D eigenvalue weighted by atomic mass is 79.9. The summed E-state index contributed by atoms with van der Waals surface area (Å²) in [6, 6.07) is 6.18. The van der Waals surface area contributed by atoms with Crippen LogP contribution in [0.5, 0.6) is 0 Å². The van der Waals surface area contributed by atoms with Gasteiger partial charge in [0, 0.05) is 22.6 Å². The maximum Gasteiger partial charge on any atom is 0.254 e. The van der Waals surface area contributed by atoms with E-state index in [-0.39, 0.29) is 5.91 Å². The minimum absolute atomic E-state index is 0.174. The van der Waals surface area contributed by atoms with Gasteiger partial charge in [-0.2, -0.15) is 0 Å². The summed E-state index contributed by atoms with van der Waals surface area (Å²) in [5, 5.41) is 0. The highest BCUT2D eigenvalue weighted by molar-refractivity contribution is 9.10. The monoisotopic (exact) mass is 309 g/mol. The molecule has 1 heterocycles. The van der Waals surface area contributed by atoms with Gasteiger partial charge in [0.15, 0.2) is 0 Å². The molecule has 0 aromatic heterocycles. The van der Waals surface area contributed by atoms with Crippen LogP contribution in [0.1, 0.15) is 42.6 Å². The third kappa shape index (κ3) is 2.61. The van der Waals surface area contributed by atoms with Crippen molar-refractivity contribution in [2.24, 2.45) is 5.92 Å². The lowest BCUT2D eigenvalue weighted by Gasteiger charge is -2.37. The Labute approximate surface area is 117 Å². The van der Waals surface area contributed by atoms with Crippen molar-refractivity contribution >= 4 is 21.8 Å². The van der Waals surface area contributed by atoms with Crippen LogP contribution in [-0.4, -0.2) is 23.4 Å². The molecule has 2 unspecified atom stereocenters. The zero-order chi connectivity index (χ0) is 13.3. The number of carbonyl (C=O) groups excluding carboxylic acids is 1. The molecule has 1 fully saturated rings. The molecule has 1 aliphatic rings. The number of nitrogens with zero attached hydrogens (tertiary/aromatic N) is 1. The van der Waals surface area contributed by atoms with Crippen LogP contribution in [0, 0.1) is 12.8 Å². The van der Waals surface area contributed by atoms with Gasteiger partial charge in [-0.3, -0.25) is 4.79 Å². The fourth-order valence-electron chi connectivity index (χ4n) is 2.70. The fourth-order valence-corrected chi connectivity index (χ4v) is 3.07. The summed E-state index contributed by atoms with van der Waals surface area (Å²) in [6.45, 7) is 7.30. The van der Waals surface area contributed by atoms with E-state index in [4.69, 9.17) is 0 Å². The second kappa shape index (κ2) is 5.43. The first-order valence-electron chi connectivity index (χ1n) is 6.56. The van der Waals surface area contributed by atoms with Crippen molar-refractivity contribution < 1.29 is 4.79 Å². The van der Waals surface area contributed by atoms with E-state index in [0.29, 0.717) is 6.04 Å². The Kier molecular flexibility index (Phi) is 4.10. The van der Waals surface area contributed by atoms with Gasteiger partial charge in [0.1, 0.15) is 0 Å². The average molecular weight is 310 g/mol. The van der Waals surface area contributed by atoms with Gasteiger partial charge in [0.2, 0.25) is 0 Å². The molecule has 0 spiro atoms. The summed E-state index contributed by atoms with van der Waals surface area (Å²) >= 11 is 3.49. The van der Waals surface area contributed by atoms with Crippen molar-refractivity contribution in [1.29, 1.82) is 0 Å². The topological polar surface area (TPSA) is 20.3 Å². The Morgan fingerprint density at radius 1 is 1.39 bits per heavy atom. The van der Waals surface area contributed by atoms with Crippen molar-refractivity contribution in [3.63, 3.8) is 0 Å². The van der Waals surface area contributed by atoms with E-state index in [2.05, 4.69) is 29.8 Å². The van der Waals surface area contributed by atoms with Gasteiger partial charge in [0.05, 0.1) is 0 Å². The molecule has 1 saturated heterocycles. The minimum Gasteiger partial charge on any atom is -0.336 e. The molecule has 1 aliphatic heterocycles. The van der Waals surface area contributed by atoms with E-state index in [1.165, 1.54) is 0 Å². The Morgan fingerprint density at radius 2 is 2.11 bits per heavy atom. The predicted molar refractivity (Wildman–Crippen MR) is 77.8 cm³/mol. The molecule has 0 saturated carbocycles. The summed E-state index contributed by atoms with van der Waals surface area (Å²) in [4.78, 5) is 14.6. The lowest BCUT2D eigenvalue weighted by Crippen LogP contribution is -2.44. The lowest BCUT2D eigenvalue weighted by atomic mass is 9.92. The van der Waals surface area contributed by atoms with Crippen molar-refractivity contribution in [3.05, 3.63) is 33.8 Å². The van der Waals surface area contributed by atoms with Gasteiger partial charge in [-0.25, -0.2) is 0 Å². The van der Waals surface area contributed by atoms with Crippen LogP contribution >= 0.6 is 15.9 Å². The summed E-state index contributed by atoms with van der Waals surface area (Å²) in [5.41, 5.74) is 1.86. The smallest absolute Gasteiger partial charge is 0.254 e. The van der Waals surface area contributed by atoms with Crippen LogP contribution in [0.25, 0.3) is 0 Å². The Hall–Kier alpha value is -0.830. The molecule has 2 nitrogen and oxygen atoms in total. The Morgan fingerprint density at radius 3 is 2.78 bits per heavy atom. The first kappa shape index (κ1) is 13.6. The summed E-state index contributed by atoms with van der Waals surface area (Å²) in [5.74, 6) is 0.904. The van der Waals surface area contributed by atoms with Crippen LogP contribution < -0.4 is 0 Å². The Balaban J connectivity index is 2.23. The zero-order valence-electron chi connectivity index (χ0n) is 11.2. The van der Waals surface area contributed by atoms with Crippen LogP contribution in [0.15, 0.2) is 22.7 Å². The summed E-state index contributed by atoms with van der Waals surface area (Å²) in [7, 11) is 0. The molecule has 18 heavy (non-hydrogen) atoms. The zero-order valence-corrected chi connectivity index (χ0v) is 12.8. The number of benzene rings is 1.